The van der Waals surface area contributed by atoms with E-state index < -0.39 is 42.0 Å². The second kappa shape index (κ2) is 15.2. The summed E-state index contributed by atoms with van der Waals surface area (Å²) < 4.78 is 5.31. The summed E-state index contributed by atoms with van der Waals surface area (Å²) in [6.45, 7) is 13.8. The normalized spacial score (nSPS) is 12.8. The molecule has 37 heavy (non-hydrogen) atoms. The molecule has 0 aliphatic heterocycles. The Hall–Kier alpha value is -3.10. The lowest BCUT2D eigenvalue weighted by molar-refractivity contribution is -0.143. The van der Waals surface area contributed by atoms with Crippen LogP contribution in [0.4, 0.5) is 4.79 Å². The average molecular weight is 519 g/mol. The first-order valence-corrected chi connectivity index (χ1v) is 13.2. The first-order valence-electron chi connectivity index (χ1n) is 13.2. The van der Waals surface area contributed by atoms with Gasteiger partial charge in [0.1, 0.15) is 17.7 Å². The molecule has 2 atom stereocenters. The molecular formula is C28H46N4O5. The summed E-state index contributed by atoms with van der Waals surface area (Å²) in [5.74, 6) is -1.62. The monoisotopic (exact) mass is 518 g/mol. The van der Waals surface area contributed by atoms with Crippen molar-refractivity contribution in [2.45, 2.75) is 105 Å². The van der Waals surface area contributed by atoms with Gasteiger partial charge in [0.15, 0.2) is 0 Å². The number of carbonyl (C=O) groups is 4. The van der Waals surface area contributed by atoms with E-state index in [1.165, 1.54) is 4.90 Å². The maximum Gasteiger partial charge on any atom is 0.408 e. The van der Waals surface area contributed by atoms with Crippen LogP contribution in [0.2, 0.25) is 0 Å². The number of carbonyl (C=O) groups excluding carboxylic acids is 4. The quantitative estimate of drug-likeness (QED) is 0.320. The summed E-state index contributed by atoms with van der Waals surface area (Å²) in [5, 5.41) is 5.48. The Morgan fingerprint density at radius 2 is 1.65 bits per heavy atom. The maximum atomic E-state index is 13.9. The molecular weight excluding hydrogens is 472 g/mol. The van der Waals surface area contributed by atoms with Gasteiger partial charge in [-0.3, -0.25) is 14.4 Å². The SMILES string of the molecule is CCCCCNC(=O)C(c1ccc(C)c(C)c1)N(CCCC)C(=O)C(CC(N)=O)NC(=O)OC(C)(C)C. The van der Waals surface area contributed by atoms with Gasteiger partial charge in [0.25, 0.3) is 0 Å². The Morgan fingerprint density at radius 1 is 1.00 bits per heavy atom. The zero-order valence-electron chi connectivity index (χ0n) is 23.6. The van der Waals surface area contributed by atoms with E-state index >= 15 is 0 Å². The molecule has 4 amide bonds. The molecule has 0 saturated heterocycles. The fourth-order valence-corrected chi connectivity index (χ4v) is 3.84. The number of ether oxygens (including phenoxy) is 1. The lowest BCUT2D eigenvalue weighted by atomic mass is 9.97. The summed E-state index contributed by atoms with van der Waals surface area (Å²) >= 11 is 0. The first kappa shape index (κ1) is 31.9. The molecule has 0 aromatic heterocycles. The Bertz CT molecular complexity index is 926. The van der Waals surface area contributed by atoms with E-state index in [1.54, 1.807) is 20.8 Å². The van der Waals surface area contributed by atoms with E-state index in [0.717, 1.165) is 36.8 Å². The predicted octanol–water partition coefficient (Wildman–Crippen LogP) is 4.05. The second-order valence-electron chi connectivity index (χ2n) is 10.5. The van der Waals surface area contributed by atoms with Crippen LogP contribution in [0.25, 0.3) is 0 Å². The van der Waals surface area contributed by atoms with Crippen molar-refractivity contribution < 1.29 is 23.9 Å². The van der Waals surface area contributed by atoms with Gasteiger partial charge in [-0.15, -0.1) is 0 Å². The van der Waals surface area contributed by atoms with Gasteiger partial charge < -0.3 is 26.0 Å². The molecule has 0 aliphatic carbocycles. The number of unbranched alkanes of at least 4 members (excludes halogenated alkanes) is 3. The molecule has 9 nitrogen and oxygen atoms in total. The largest absolute Gasteiger partial charge is 0.444 e. The number of nitrogens with one attached hydrogen (secondary N) is 2. The summed E-state index contributed by atoms with van der Waals surface area (Å²) in [6, 6.07) is 3.46. The van der Waals surface area contributed by atoms with E-state index in [2.05, 4.69) is 17.6 Å². The van der Waals surface area contributed by atoms with Gasteiger partial charge in [0.05, 0.1) is 6.42 Å². The van der Waals surface area contributed by atoms with Crippen LogP contribution in [-0.4, -0.2) is 53.4 Å². The Balaban J connectivity index is 3.46. The van der Waals surface area contributed by atoms with Crippen LogP contribution in [0.5, 0.6) is 0 Å². The standard InChI is InChI=1S/C28H46N4O5/c1-8-10-12-15-30-25(34)24(21-14-13-19(3)20(4)17-21)32(16-11-9-2)26(35)22(18-23(29)33)31-27(36)37-28(5,6)7/h13-14,17,22,24H,8-12,15-16,18H2,1-7H3,(H2,29,33)(H,30,34)(H,31,36). The predicted molar refractivity (Wildman–Crippen MR) is 145 cm³/mol. The summed E-state index contributed by atoms with van der Waals surface area (Å²) in [4.78, 5) is 53.3. The van der Waals surface area contributed by atoms with E-state index in [0.29, 0.717) is 18.5 Å². The van der Waals surface area contributed by atoms with E-state index in [9.17, 15) is 19.2 Å². The molecule has 1 aromatic carbocycles. The van der Waals surface area contributed by atoms with Crippen LogP contribution in [0.1, 0.15) is 95.9 Å². The third kappa shape index (κ3) is 11.2. The number of nitrogens with zero attached hydrogens (tertiary/aromatic N) is 1. The van der Waals surface area contributed by atoms with E-state index in [1.807, 2.05) is 39.0 Å². The van der Waals surface area contributed by atoms with Crippen LogP contribution in [-0.2, 0) is 19.1 Å². The van der Waals surface area contributed by atoms with Crippen molar-refractivity contribution in [3.8, 4) is 0 Å². The smallest absolute Gasteiger partial charge is 0.408 e. The first-order chi connectivity index (χ1) is 17.3. The molecule has 0 spiro atoms. The van der Waals surface area contributed by atoms with Crippen molar-refractivity contribution in [2.75, 3.05) is 13.1 Å². The van der Waals surface area contributed by atoms with Crippen LogP contribution >= 0.6 is 0 Å². The van der Waals surface area contributed by atoms with Crippen molar-refractivity contribution in [1.82, 2.24) is 15.5 Å². The number of aryl methyl sites for hydroxylation is 2. The van der Waals surface area contributed by atoms with Gasteiger partial charge in [-0.2, -0.15) is 0 Å². The van der Waals surface area contributed by atoms with Crippen molar-refractivity contribution in [3.05, 3.63) is 34.9 Å². The highest BCUT2D eigenvalue weighted by Gasteiger charge is 2.36. The number of primary amides is 1. The molecule has 0 heterocycles. The average Bonchev–Trinajstić information content (AvgIpc) is 2.79. The zero-order valence-corrected chi connectivity index (χ0v) is 23.6. The molecule has 0 saturated carbocycles. The minimum Gasteiger partial charge on any atom is -0.444 e. The number of hydrogen-bond acceptors (Lipinski definition) is 5. The van der Waals surface area contributed by atoms with Crippen molar-refractivity contribution in [3.63, 3.8) is 0 Å². The number of rotatable bonds is 14. The Kier molecular flexibility index (Phi) is 13.1. The Morgan fingerprint density at radius 3 is 2.19 bits per heavy atom. The zero-order chi connectivity index (χ0) is 28.2. The molecule has 0 bridgehead atoms. The van der Waals surface area contributed by atoms with Gasteiger partial charge in [-0.05, 0) is 64.2 Å². The van der Waals surface area contributed by atoms with Crippen LogP contribution in [0.15, 0.2) is 18.2 Å². The summed E-state index contributed by atoms with van der Waals surface area (Å²) in [6.07, 6.45) is 2.98. The highest BCUT2D eigenvalue weighted by molar-refractivity contribution is 5.94. The van der Waals surface area contributed by atoms with Crippen LogP contribution in [0.3, 0.4) is 0 Å². The van der Waals surface area contributed by atoms with Crippen molar-refractivity contribution in [2.24, 2.45) is 5.73 Å². The summed E-state index contributed by atoms with van der Waals surface area (Å²) in [7, 11) is 0. The van der Waals surface area contributed by atoms with Crippen LogP contribution in [0, 0.1) is 13.8 Å². The fraction of sp³-hybridized carbons (Fsp3) is 0.643. The fourth-order valence-electron chi connectivity index (χ4n) is 3.84. The molecule has 9 heteroatoms. The van der Waals surface area contributed by atoms with Gasteiger partial charge in [0, 0.05) is 13.1 Å². The van der Waals surface area contributed by atoms with Gasteiger partial charge in [-0.25, -0.2) is 4.79 Å². The van der Waals surface area contributed by atoms with Crippen LogP contribution < -0.4 is 16.4 Å². The number of nitrogens with two attached hydrogens (primary N) is 1. The number of amides is 4. The lowest BCUT2D eigenvalue weighted by Gasteiger charge is -2.34. The minimum atomic E-state index is -1.27. The van der Waals surface area contributed by atoms with Crippen molar-refractivity contribution in [1.29, 1.82) is 0 Å². The van der Waals surface area contributed by atoms with E-state index in [4.69, 9.17) is 10.5 Å². The number of hydrogen-bond donors (Lipinski definition) is 3. The third-order valence-corrected chi connectivity index (χ3v) is 5.92. The molecule has 208 valence electrons. The topological polar surface area (TPSA) is 131 Å². The highest BCUT2D eigenvalue weighted by atomic mass is 16.6. The van der Waals surface area contributed by atoms with Crippen molar-refractivity contribution >= 4 is 23.8 Å². The third-order valence-electron chi connectivity index (χ3n) is 5.92. The minimum absolute atomic E-state index is 0.264. The molecule has 4 N–H and O–H groups in total. The second-order valence-corrected chi connectivity index (χ2v) is 10.5. The molecule has 0 aliphatic rings. The lowest BCUT2D eigenvalue weighted by Crippen LogP contribution is -2.54. The van der Waals surface area contributed by atoms with Gasteiger partial charge >= 0.3 is 6.09 Å². The highest BCUT2D eigenvalue weighted by Crippen LogP contribution is 2.26. The van der Waals surface area contributed by atoms with Gasteiger partial charge in [0.2, 0.25) is 17.7 Å². The maximum absolute atomic E-state index is 13.9. The van der Waals surface area contributed by atoms with Gasteiger partial charge in [-0.1, -0.05) is 51.3 Å². The molecule has 1 rings (SSSR count). The summed E-state index contributed by atoms with van der Waals surface area (Å²) in [5.41, 5.74) is 7.35. The Labute approximate surface area is 221 Å². The molecule has 2 unspecified atom stereocenters. The number of benzene rings is 1. The molecule has 1 aromatic rings. The number of alkyl carbamates (subject to hydrolysis) is 1. The van der Waals surface area contributed by atoms with E-state index in [-0.39, 0.29) is 12.5 Å². The molecule has 0 fully saturated rings. The molecule has 0 radical (unpaired) electrons.